The monoisotopic (exact) mass is 413 g/mol. The van der Waals surface area contributed by atoms with Gasteiger partial charge in [0.05, 0.1) is 27.9 Å². The number of esters is 1. The summed E-state index contributed by atoms with van der Waals surface area (Å²) >= 11 is 0. The second-order valence-electron chi connectivity index (χ2n) is 7.06. The molecule has 7 heteroatoms. The molecule has 30 heavy (non-hydrogen) atoms. The third-order valence-corrected chi connectivity index (χ3v) is 5.19. The fourth-order valence-corrected chi connectivity index (χ4v) is 3.63. The summed E-state index contributed by atoms with van der Waals surface area (Å²) in [6.45, 7) is 1.01. The van der Waals surface area contributed by atoms with Crippen LogP contribution in [0.3, 0.4) is 0 Å². The highest BCUT2D eigenvalue weighted by Gasteiger charge is 2.33. The Balaban J connectivity index is 1.67. The van der Waals surface area contributed by atoms with E-state index in [9.17, 15) is 9.59 Å². The van der Waals surface area contributed by atoms with Gasteiger partial charge in [-0.3, -0.25) is 14.5 Å². The number of nitrogens with zero attached hydrogens (tertiary/aromatic N) is 1. The van der Waals surface area contributed by atoms with Crippen molar-refractivity contribution in [2.24, 2.45) is 0 Å². The molecule has 1 aliphatic rings. The quantitative estimate of drug-likeness (QED) is 0.462. The zero-order chi connectivity index (χ0) is 21.5. The molecule has 0 aromatic heterocycles. The second-order valence-corrected chi connectivity index (χ2v) is 7.06. The Hall–Kier alpha value is -3.06. The van der Waals surface area contributed by atoms with Crippen LogP contribution in [-0.4, -0.2) is 57.1 Å². The van der Waals surface area contributed by atoms with Gasteiger partial charge in [-0.2, -0.15) is 0 Å². The van der Waals surface area contributed by atoms with Crippen molar-refractivity contribution in [3.8, 4) is 17.2 Å². The van der Waals surface area contributed by atoms with Gasteiger partial charge in [0.25, 0.3) is 0 Å². The van der Waals surface area contributed by atoms with Gasteiger partial charge in [-0.05, 0) is 37.1 Å². The van der Waals surface area contributed by atoms with E-state index in [0.717, 1.165) is 12.0 Å². The molecule has 0 radical (unpaired) electrons. The second kappa shape index (κ2) is 10.1. The van der Waals surface area contributed by atoms with Crippen molar-refractivity contribution in [2.75, 3.05) is 34.4 Å². The number of carbonyl (C=O) groups excluding carboxylic acids is 2. The normalized spacial score (nSPS) is 16.2. The number of Topliss-reactive ketones (excluding diaryl/α,β-unsaturated/α-hetero) is 1. The fraction of sp³-hybridized carbons (Fsp3) is 0.391. The minimum Gasteiger partial charge on any atom is -0.493 e. The summed E-state index contributed by atoms with van der Waals surface area (Å²) in [6.07, 6.45) is 1.52. The summed E-state index contributed by atoms with van der Waals surface area (Å²) in [5.41, 5.74) is 1.37. The molecule has 1 fully saturated rings. The number of hydrogen-bond acceptors (Lipinski definition) is 7. The maximum Gasteiger partial charge on any atom is 0.323 e. The van der Waals surface area contributed by atoms with Crippen molar-refractivity contribution in [2.45, 2.75) is 25.5 Å². The number of likely N-dealkylation sites (tertiary alicyclic amines) is 1. The van der Waals surface area contributed by atoms with Crippen LogP contribution in [0, 0.1) is 0 Å². The van der Waals surface area contributed by atoms with Gasteiger partial charge in [0.1, 0.15) is 12.6 Å². The van der Waals surface area contributed by atoms with Crippen LogP contribution in [0.1, 0.15) is 28.8 Å². The maximum absolute atomic E-state index is 12.9. The average Bonchev–Trinajstić information content (AvgIpc) is 3.25. The first kappa shape index (κ1) is 21.6. The minimum atomic E-state index is -0.417. The van der Waals surface area contributed by atoms with E-state index >= 15 is 0 Å². The van der Waals surface area contributed by atoms with Crippen molar-refractivity contribution >= 4 is 11.8 Å². The highest BCUT2D eigenvalue weighted by molar-refractivity contribution is 5.99. The summed E-state index contributed by atoms with van der Waals surface area (Å²) in [4.78, 5) is 27.4. The molecule has 0 aliphatic carbocycles. The molecular weight excluding hydrogens is 386 g/mol. The molecule has 1 atom stereocenters. The van der Waals surface area contributed by atoms with E-state index in [1.54, 1.807) is 12.1 Å². The lowest BCUT2D eigenvalue weighted by molar-refractivity contribution is -0.150. The van der Waals surface area contributed by atoms with Crippen LogP contribution in [0.5, 0.6) is 17.2 Å². The van der Waals surface area contributed by atoms with Gasteiger partial charge >= 0.3 is 5.97 Å². The van der Waals surface area contributed by atoms with Crippen LogP contribution in [0.4, 0.5) is 0 Å². The van der Waals surface area contributed by atoms with Crippen LogP contribution in [-0.2, 0) is 16.1 Å². The van der Waals surface area contributed by atoms with Crippen LogP contribution in [0.25, 0.3) is 0 Å². The first-order valence-electron chi connectivity index (χ1n) is 9.85. The van der Waals surface area contributed by atoms with E-state index in [1.165, 1.54) is 21.3 Å². The molecule has 3 rings (SSSR count). The molecule has 160 valence electrons. The topological polar surface area (TPSA) is 74.3 Å². The standard InChI is InChI=1S/C23H27NO6/c1-27-20-12-17(13-21(28-2)22(20)29-3)19(25)14-24-11-7-10-18(24)23(26)30-15-16-8-5-4-6-9-16/h4-6,8-9,12-13,18H,7,10-11,14-15H2,1-3H3. The highest BCUT2D eigenvalue weighted by Crippen LogP contribution is 2.38. The Kier molecular flexibility index (Phi) is 7.30. The van der Waals surface area contributed by atoms with Gasteiger partial charge in [-0.25, -0.2) is 0 Å². The molecule has 1 aliphatic heterocycles. The first-order valence-corrected chi connectivity index (χ1v) is 9.85. The lowest BCUT2D eigenvalue weighted by Crippen LogP contribution is -2.40. The molecule has 2 aromatic rings. The fourth-order valence-electron chi connectivity index (χ4n) is 3.63. The van der Waals surface area contributed by atoms with Crippen molar-refractivity contribution in [1.82, 2.24) is 4.90 Å². The molecule has 1 heterocycles. The summed E-state index contributed by atoms with van der Waals surface area (Å²) in [7, 11) is 4.52. The number of ketones is 1. The Morgan fingerprint density at radius 2 is 1.67 bits per heavy atom. The van der Waals surface area contributed by atoms with Gasteiger partial charge in [0, 0.05) is 5.56 Å². The van der Waals surface area contributed by atoms with E-state index < -0.39 is 6.04 Å². The third kappa shape index (κ3) is 4.91. The molecule has 2 aromatic carbocycles. The van der Waals surface area contributed by atoms with Gasteiger partial charge in [-0.15, -0.1) is 0 Å². The molecule has 0 amide bonds. The van der Waals surface area contributed by atoms with E-state index in [1.807, 2.05) is 35.2 Å². The van der Waals surface area contributed by atoms with Crippen LogP contribution in [0.2, 0.25) is 0 Å². The molecule has 0 spiro atoms. The van der Waals surface area contributed by atoms with Gasteiger partial charge in [0.2, 0.25) is 5.75 Å². The lowest BCUT2D eigenvalue weighted by Gasteiger charge is -2.22. The van der Waals surface area contributed by atoms with Crippen molar-refractivity contribution in [3.05, 3.63) is 53.6 Å². The van der Waals surface area contributed by atoms with E-state index in [2.05, 4.69) is 0 Å². The van der Waals surface area contributed by atoms with Crippen LogP contribution < -0.4 is 14.2 Å². The molecule has 0 bridgehead atoms. The number of ether oxygens (including phenoxy) is 4. The van der Waals surface area contributed by atoms with Crippen LogP contribution in [0.15, 0.2) is 42.5 Å². The van der Waals surface area contributed by atoms with Gasteiger partial charge < -0.3 is 18.9 Å². The van der Waals surface area contributed by atoms with Crippen molar-refractivity contribution < 1.29 is 28.5 Å². The highest BCUT2D eigenvalue weighted by atomic mass is 16.5. The number of benzene rings is 2. The molecular formula is C23H27NO6. The zero-order valence-electron chi connectivity index (χ0n) is 17.6. The predicted molar refractivity (Wildman–Crippen MR) is 111 cm³/mol. The van der Waals surface area contributed by atoms with E-state index in [-0.39, 0.29) is 24.9 Å². The SMILES string of the molecule is COc1cc(C(=O)CN2CCCC2C(=O)OCc2ccccc2)cc(OC)c1OC. The molecule has 0 saturated carbocycles. The molecule has 1 saturated heterocycles. The summed E-state index contributed by atoms with van der Waals surface area (Å²) < 4.78 is 21.4. The Labute approximate surface area is 176 Å². The summed E-state index contributed by atoms with van der Waals surface area (Å²) in [5.74, 6) is 0.840. The van der Waals surface area contributed by atoms with Gasteiger partial charge in [-0.1, -0.05) is 30.3 Å². The number of carbonyl (C=O) groups is 2. The zero-order valence-corrected chi connectivity index (χ0v) is 17.6. The largest absolute Gasteiger partial charge is 0.493 e. The first-order chi connectivity index (χ1) is 14.6. The number of methoxy groups -OCH3 is 3. The Bertz CT molecular complexity index is 858. The minimum absolute atomic E-state index is 0.115. The molecule has 1 unspecified atom stereocenters. The van der Waals surface area contributed by atoms with E-state index in [4.69, 9.17) is 18.9 Å². The number of rotatable bonds is 9. The predicted octanol–water partition coefficient (Wildman–Crippen LogP) is 3.10. The Morgan fingerprint density at radius 1 is 1.00 bits per heavy atom. The maximum atomic E-state index is 12.9. The smallest absolute Gasteiger partial charge is 0.323 e. The van der Waals surface area contributed by atoms with Crippen LogP contribution >= 0.6 is 0 Å². The lowest BCUT2D eigenvalue weighted by atomic mass is 10.1. The summed E-state index contributed by atoms with van der Waals surface area (Å²) in [5, 5.41) is 0. The van der Waals surface area contributed by atoms with Gasteiger partial charge in [0.15, 0.2) is 17.3 Å². The molecule has 0 N–H and O–H groups in total. The number of hydrogen-bond donors (Lipinski definition) is 0. The van der Waals surface area contributed by atoms with Crippen molar-refractivity contribution in [3.63, 3.8) is 0 Å². The average molecular weight is 413 g/mol. The van der Waals surface area contributed by atoms with E-state index in [0.29, 0.717) is 35.8 Å². The molecule has 7 nitrogen and oxygen atoms in total. The summed E-state index contributed by atoms with van der Waals surface area (Å²) in [6, 6.07) is 12.4. The third-order valence-electron chi connectivity index (χ3n) is 5.19. The Morgan fingerprint density at radius 3 is 2.27 bits per heavy atom. The van der Waals surface area contributed by atoms with Crippen molar-refractivity contribution in [1.29, 1.82) is 0 Å².